The molecule has 5 heteroatoms. The van der Waals surface area contributed by atoms with E-state index in [1.54, 1.807) is 7.11 Å². The van der Waals surface area contributed by atoms with Gasteiger partial charge < -0.3 is 20.3 Å². The number of rotatable bonds is 7. The number of carbonyl (C=O) groups excluding carboxylic acids is 1. The molecule has 0 saturated heterocycles. The Bertz CT molecular complexity index is 213. The fraction of sp³-hybridized carbons (Fsp3) is 0.700. The van der Waals surface area contributed by atoms with Crippen molar-refractivity contribution in [1.82, 2.24) is 5.32 Å². The number of methoxy groups -OCH3 is 1. The standard InChI is InChI=1S/C10H19NO4/c1-10(14,4-3-6-12)8-9(13)11-5-7-15-2/h3-4,12,14H,5-8H2,1-2H3,(H,11,13)/b4-3+. The van der Waals surface area contributed by atoms with Crippen molar-refractivity contribution in [3.05, 3.63) is 12.2 Å². The minimum atomic E-state index is -1.22. The van der Waals surface area contributed by atoms with Crippen molar-refractivity contribution in [1.29, 1.82) is 0 Å². The highest BCUT2D eigenvalue weighted by molar-refractivity contribution is 5.77. The molecule has 1 amide bonds. The van der Waals surface area contributed by atoms with Gasteiger partial charge in [-0.3, -0.25) is 4.79 Å². The minimum Gasteiger partial charge on any atom is -0.392 e. The first kappa shape index (κ1) is 14.1. The number of nitrogens with one attached hydrogen (secondary N) is 1. The number of hydrogen-bond donors (Lipinski definition) is 3. The van der Waals surface area contributed by atoms with Crippen LogP contribution >= 0.6 is 0 Å². The Morgan fingerprint density at radius 2 is 2.27 bits per heavy atom. The maximum absolute atomic E-state index is 11.3. The van der Waals surface area contributed by atoms with Gasteiger partial charge >= 0.3 is 0 Å². The van der Waals surface area contributed by atoms with Gasteiger partial charge in [0.2, 0.25) is 5.91 Å². The van der Waals surface area contributed by atoms with Gasteiger partial charge in [-0.05, 0) is 6.92 Å². The summed E-state index contributed by atoms with van der Waals surface area (Å²) in [4.78, 5) is 11.3. The van der Waals surface area contributed by atoms with Gasteiger partial charge in [-0.15, -0.1) is 0 Å². The van der Waals surface area contributed by atoms with Gasteiger partial charge in [0.15, 0.2) is 0 Å². The molecule has 0 aromatic heterocycles. The number of hydrogen-bond acceptors (Lipinski definition) is 4. The lowest BCUT2D eigenvalue weighted by atomic mass is 10.0. The van der Waals surface area contributed by atoms with Crippen LogP contribution in [0.5, 0.6) is 0 Å². The molecule has 0 aliphatic rings. The van der Waals surface area contributed by atoms with Crippen LogP contribution in [0.4, 0.5) is 0 Å². The predicted octanol–water partition coefficient (Wildman–Crippen LogP) is -0.561. The van der Waals surface area contributed by atoms with Crippen LogP contribution in [0, 0.1) is 0 Å². The van der Waals surface area contributed by atoms with Crippen molar-refractivity contribution in [2.45, 2.75) is 18.9 Å². The van der Waals surface area contributed by atoms with Gasteiger partial charge in [-0.2, -0.15) is 0 Å². The van der Waals surface area contributed by atoms with E-state index in [1.807, 2.05) is 0 Å². The Balaban J connectivity index is 3.88. The van der Waals surface area contributed by atoms with E-state index >= 15 is 0 Å². The third-order valence-corrected chi connectivity index (χ3v) is 1.73. The van der Waals surface area contributed by atoms with Crippen LogP contribution in [0.15, 0.2) is 12.2 Å². The second kappa shape index (κ2) is 7.39. The molecule has 0 aromatic rings. The molecule has 15 heavy (non-hydrogen) atoms. The molecule has 0 radical (unpaired) electrons. The maximum Gasteiger partial charge on any atom is 0.223 e. The highest BCUT2D eigenvalue weighted by Crippen LogP contribution is 2.10. The fourth-order valence-corrected chi connectivity index (χ4v) is 1.05. The molecular formula is C10H19NO4. The van der Waals surface area contributed by atoms with Crippen molar-refractivity contribution in [2.75, 3.05) is 26.9 Å². The molecule has 88 valence electrons. The zero-order valence-corrected chi connectivity index (χ0v) is 9.19. The SMILES string of the molecule is COCCNC(=O)CC(C)(O)/C=C/CO. The number of carbonyl (C=O) groups is 1. The van der Waals surface area contributed by atoms with E-state index in [2.05, 4.69) is 5.32 Å². The highest BCUT2D eigenvalue weighted by atomic mass is 16.5. The zero-order chi connectivity index (χ0) is 11.7. The van der Waals surface area contributed by atoms with E-state index < -0.39 is 5.60 Å². The maximum atomic E-state index is 11.3. The van der Waals surface area contributed by atoms with Crippen LogP contribution in [0.3, 0.4) is 0 Å². The molecule has 0 aromatic carbocycles. The zero-order valence-electron chi connectivity index (χ0n) is 9.19. The normalized spacial score (nSPS) is 15.2. The second-order valence-electron chi connectivity index (χ2n) is 3.46. The smallest absolute Gasteiger partial charge is 0.223 e. The first-order chi connectivity index (χ1) is 7.02. The molecular weight excluding hydrogens is 198 g/mol. The van der Waals surface area contributed by atoms with E-state index in [1.165, 1.54) is 19.1 Å². The molecule has 0 aliphatic heterocycles. The van der Waals surface area contributed by atoms with Gasteiger partial charge in [0.25, 0.3) is 0 Å². The average molecular weight is 217 g/mol. The Hall–Kier alpha value is -0.910. The molecule has 3 N–H and O–H groups in total. The first-order valence-electron chi connectivity index (χ1n) is 4.78. The summed E-state index contributed by atoms with van der Waals surface area (Å²) in [7, 11) is 1.55. The lowest BCUT2D eigenvalue weighted by Crippen LogP contribution is -2.34. The molecule has 0 rings (SSSR count). The quantitative estimate of drug-likeness (QED) is 0.394. The molecule has 0 saturated carbocycles. The van der Waals surface area contributed by atoms with Crippen LogP contribution in [-0.4, -0.2) is 48.6 Å². The summed E-state index contributed by atoms with van der Waals surface area (Å²) in [6, 6.07) is 0. The van der Waals surface area contributed by atoms with Crippen molar-refractivity contribution < 1.29 is 19.7 Å². The topological polar surface area (TPSA) is 78.8 Å². The highest BCUT2D eigenvalue weighted by Gasteiger charge is 2.20. The minimum absolute atomic E-state index is 0.0345. The number of aliphatic hydroxyl groups excluding tert-OH is 1. The van der Waals surface area contributed by atoms with E-state index in [9.17, 15) is 9.90 Å². The molecule has 5 nitrogen and oxygen atoms in total. The van der Waals surface area contributed by atoms with E-state index in [-0.39, 0.29) is 18.9 Å². The van der Waals surface area contributed by atoms with Crippen LogP contribution in [0.1, 0.15) is 13.3 Å². The lowest BCUT2D eigenvalue weighted by Gasteiger charge is -2.18. The van der Waals surface area contributed by atoms with Crippen molar-refractivity contribution >= 4 is 5.91 Å². The Labute approximate surface area is 89.7 Å². The molecule has 0 heterocycles. The summed E-state index contributed by atoms with van der Waals surface area (Å²) in [6.45, 7) is 2.23. The monoisotopic (exact) mass is 217 g/mol. The number of ether oxygens (including phenoxy) is 1. The summed E-state index contributed by atoms with van der Waals surface area (Å²) in [6.07, 6.45) is 2.78. The Morgan fingerprint density at radius 1 is 1.60 bits per heavy atom. The van der Waals surface area contributed by atoms with E-state index in [0.717, 1.165) is 0 Å². The Morgan fingerprint density at radius 3 is 2.80 bits per heavy atom. The summed E-state index contributed by atoms with van der Waals surface area (Å²) in [5.74, 6) is -0.250. The third kappa shape index (κ3) is 8.11. The molecule has 1 unspecified atom stereocenters. The fourth-order valence-electron chi connectivity index (χ4n) is 1.05. The number of aliphatic hydroxyl groups is 2. The summed E-state index contributed by atoms with van der Waals surface area (Å²) in [5.41, 5.74) is -1.22. The third-order valence-electron chi connectivity index (χ3n) is 1.73. The average Bonchev–Trinajstić information content (AvgIpc) is 2.14. The van der Waals surface area contributed by atoms with Crippen LogP contribution in [-0.2, 0) is 9.53 Å². The van der Waals surface area contributed by atoms with Crippen LogP contribution in [0.2, 0.25) is 0 Å². The first-order valence-corrected chi connectivity index (χ1v) is 4.78. The molecule has 0 bridgehead atoms. The van der Waals surface area contributed by atoms with Gasteiger partial charge in [0.1, 0.15) is 0 Å². The van der Waals surface area contributed by atoms with E-state index in [4.69, 9.17) is 9.84 Å². The van der Waals surface area contributed by atoms with Crippen LogP contribution < -0.4 is 5.32 Å². The molecule has 0 aliphatic carbocycles. The predicted molar refractivity (Wildman–Crippen MR) is 56.4 cm³/mol. The van der Waals surface area contributed by atoms with Gasteiger partial charge in [0.05, 0.1) is 25.2 Å². The summed E-state index contributed by atoms with van der Waals surface area (Å²) in [5, 5.41) is 20.8. The van der Waals surface area contributed by atoms with E-state index in [0.29, 0.717) is 13.2 Å². The largest absolute Gasteiger partial charge is 0.392 e. The van der Waals surface area contributed by atoms with Crippen molar-refractivity contribution in [3.8, 4) is 0 Å². The van der Waals surface area contributed by atoms with Gasteiger partial charge in [-0.1, -0.05) is 12.2 Å². The molecule has 0 spiro atoms. The second-order valence-corrected chi connectivity index (χ2v) is 3.46. The number of amides is 1. The molecule has 1 atom stereocenters. The molecule has 0 fully saturated rings. The van der Waals surface area contributed by atoms with Crippen LogP contribution in [0.25, 0.3) is 0 Å². The van der Waals surface area contributed by atoms with Gasteiger partial charge in [-0.25, -0.2) is 0 Å². The summed E-state index contributed by atoms with van der Waals surface area (Å²) < 4.78 is 4.76. The summed E-state index contributed by atoms with van der Waals surface area (Å²) >= 11 is 0. The van der Waals surface area contributed by atoms with Gasteiger partial charge in [0, 0.05) is 13.7 Å². The Kier molecular flexibility index (Phi) is 6.94. The lowest BCUT2D eigenvalue weighted by molar-refractivity contribution is -0.124. The van der Waals surface area contributed by atoms with Crippen molar-refractivity contribution in [2.24, 2.45) is 0 Å². The van der Waals surface area contributed by atoms with Crippen molar-refractivity contribution in [3.63, 3.8) is 0 Å².